The molecule has 3 aromatic carbocycles. The number of aryl methyl sites for hydroxylation is 1. The molecule has 5 aromatic rings. The van der Waals surface area contributed by atoms with E-state index in [9.17, 15) is 14.4 Å². The molecule has 1 amide bonds. The van der Waals surface area contributed by atoms with Crippen LogP contribution in [-0.4, -0.2) is 129 Å². The number of hydrogen-bond acceptors (Lipinski definition) is 12. The molecule has 2 aromatic heterocycles. The number of carbonyl (C=O) groups excluding carboxylic acids is 3. The number of rotatable bonds is 24. The van der Waals surface area contributed by atoms with Gasteiger partial charge in [0.1, 0.15) is 12.4 Å². The highest BCUT2D eigenvalue weighted by Crippen LogP contribution is 2.43. The Labute approximate surface area is 453 Å². The molecule has 14 heteroatoms. The number of hydrogen-bond donors (Lipinski definition) is 2. The average molecular weight is 1040 g/mol. The second-order valence-electron chi connectivity index (χ2n) is 21.8. The number of para-hydroxylation sites is 1. The fraction of sp³-hybridized carbons (Fsp3) is 0.548. The zero-order chi connectivity index (χ0) is 54.5. The van der Waals surface area contributed by atoms with Crippen LogP contribution in [0.15, 0.2) is 79.0 Å². The number of aromatic nitrogens is 2. The summed E-state index contributed by atoms with van der Waals surface area (Å²) in [5.74, 6) is -0.191. The largest absolute Gasteiger partial charge is 0.465 e. The molecule has 3 fully saturated rings. The number of benzene rings is 3. The first-order valence-corrected chi connectivity index (χ1v) is 28.2. The van der Waals surface area contributed by atoms with Crippen molar-refractivity contribution in [2.75, 3.05) is 83.0 Å². The minimum absolute atomic E-state index is 0.0363. The Balaban J connectivity index is 0.00000415. The van der Waals surface area contributed by atoms with E-state index in [4.69, 9.17) is 19.2 Å². The molecule has 0 radical (unpaired) electrons. The maximum atomic E-state index is 14.1. The van der Waals surface area contributed by atoms with Crippen LogP contribution in [-0.2, 0) is 54.5 Å². The van der Waals surface area contributed by atoms with Crippen LogP contribution in [0, 0.1) is 11.3 Å². The van der Waals surface area contributed by atoms with Crippen molar-refractivity contribution in [3.8, 4) is 22.4 Å². The van der Waals surface area contributed by atoms with E-state index >= 15 is 0 Å². The number of hydrazine groups is 1. The summed E-state index contributed by atoms with van der Waals surface area (Å²) < 4.78 is 20.4. The summed E-state index contributed by atoms with van der Waals surface area (Å²) in [7, 11) is 3.61. The molecule has 1 saturated carbocycles. The van der Waals surface area contributed by atoms with Gasteiger partial charge in [-0.05, 0) is 130 Å². The molecule has 14 nitrogen and oxygen atoms in total. The Hall–Kier alpha value is -5.64. The lowest BCUT2D eigenvalue weighted by molar-refractivity contribution is -0.144. The Morgan fingerprint density at radius 2 is 1.67 bits per heavy atom. The summed E-state index contributed by atoms with van der Waals surface area (Å²) in [4.78, 5) is 51.0. The van der Waals surface area contributed by atoms with E-state index in [2.05, 4.69) is 112 Å². The van der Waals surface area contributed by atoms with Crippen molar-refractivity contribution < 1.29 is 28.6 Å². The third-order valence-corrected chi connectivity index (χ3v) is 15.3. The summed E-state index contributed by atoms with van der Waals surface area (Å²) in [6.07, 6.45) is 7.93. The van der Waals surface area contributed by atoms with Crippen molar-refractivity contribution in [2.24, 2.45) is 11.3 Å². The molecular formula is C62H88N8O6. The number of nitrogens with zero attached hydrogens (tertiary/aromatic N) is 6. The number of piperazine rings is 1. The van der Waals surface area contributed by atoms with Gasteiger partial charge in [-0.1, -0.05) is 77.9 Å². The van der Waals surface area contributed by atoms with Crippen LogP contribution < -0.4 is 20.5 Å². The number of methoxy groups -OCH3 is 1. The fourth-order valence-corrected chi connectivity index (χ4v) is 10.9. The van der Waals surface area contributed by atoms with Crippen molar-refractivity contribution in [1.29, 1.82) is 0 Å². The number of carbonyl (C=O) groups is 3. The van der Waals surface area contributed by atoms with Crippen molar-refractivity contribution in [3.05, 3.63) is 101 Å². The monoisotopic (exact) mass is 1040 g/mol. The maximum absolute atomic E-state index is 14.1. The molecule has 412 valence electrons. The molecule has 8 rings (SSSR count). The summed E-state index contributed by atoms with van der Waals surface area (Å²) in [6, 6.07) is 26.6. The lowest BCUT2D eigenvalue weighted by Gasteiger charge is -2.36. The van der Waals surface area contributed by atoms with Gasteiger partial charge < -0.3 is 38.7 Å². The Bertz CT molecular complexity index is 2690. The van der Waals surface area contributed by atoms with Gasteiger partial charge in [0.05, 0.1) is 48.6 Å². The van der Waals surface area contributed by atoms with Crippen molar-refractivity contribution in [3.63, 3.8) is 0 Å². The number of pyridine rings is 1. The van der Waals surface area contributed by atoms with Gasteiger partial charge in [-0.3, -0.25) is 24.5 Å². The lowest BCUT2D eigenvalue weighted by atomic mass is 9.84. The second kappa shape index (κ2) is 27.1. The fourth-order valence-electron chi connectivity index (χ4n) is 10.9. The van der Waals surface area contributed by atoms with E-state index in [-0.39, 0.29) is 30.5 Å². The summed E-state index contributed by atoms with van der Waals surface area (Å²) >= 11 is 0. The molecule has 0 bridgehead atoms. The molecule has 2 unspecified atom stereocenters. The second-order valence-corrected chi connectivity index (χ2v) is 21.8. The number of nitrogens with one attached hydrogen (secondary N) is 2. The predicted octanol–water partition coefficient (Wildman–Crippen LogP) is 10.0. The number of ether oxygens (including phenoxy) is 3. The number of fused-ring (bicyclic) bond motifs is 1. The summed E-state index contributed by atoms with van der Waals surface area (Å²) in [5.41, 5.74) is 14.6. The molecule has 3 aliphatic rings. The van der Waals surface area contributed by atoms with Crippen molar-refractivity contribution >= 4 is 40.4 Å². The SMILES string of the molecule is CC.CCn1c(-c2cc(N3CCN(C4CC4)CC3)cnc2C(C)OC)c(CC(C)(C)COC(C)=O)c2cc(-c3cc(CC(NC)C(=O)N4CCCCN4)cc(CN(CCO[C@H](C=O)C(C)C)c4ccccc4)c3)ccc21. The minimum Gasteiger partial charge on any atom is -0.465 e. The third kappa shape index (κ3) is 14.5. The lowest BCUT2D eigenvalue weighted by Crippen LogP contribution is -2.54. The van der Waals surface area contributed by atoms with Crippen LogP contribution in [0.4, 0.5) is 11.4 Å². The highest BCUT2D eigenvalue weighted by Gasteiger charge is 2.33. The zero-order valence-electron chi connectivity index (χ0n) is 47.6. The highest BCUT2D eigenvalue weighted by molar-refractivity contribution is 5.96. The van der Waals surface area contributed by atoms with Crippen LogP contribution in [0.25, 0.3) is 33.3 Å². The van der Waals surface area contributed by atoms with E-state index < -0.39 is 17.6 Å². The average Bonchev–Trinajstić information content (AvgIpc) is 4.28. The summed E-state index contributed by atoms with van der Waals surface area (Å²) in [5, 5.41) is 6.26. The smallest absolute Gasteiger partial charge is 0.302 e. The van der Waals surface area contributed by atoms with Gasteiger partial charge in [0.2, 0.25) is 0 Å². The number of likely N-dealkylation sites (N-methyl/N-ethyl adjacent to an activating group) is 1. The molecular weight excluding hydrogens is 953 g/mol. The van der Waals surface area contributed by atoms with Crippen molar-refractivity contribution in [1.82, 2.24) is 30.2 Å². The first-order chi connectivity index (χ1) is 36.7. The number of amides is 1. The van der Waals surface area contributed by atoms with E-state index in [1.165, 1.54) is 25.3 Å². The van der Waals surface area contributed by atoms with E-state index in [1.54, 1.807) is 12.1 Å². The number of aldehydes is 1. The van der Waals surface area contributed by atoms with Crippen LogP contribution in [0.2, 0.25) is 0 Å². The Morgan fingerprint density at radius 3 is 2.30 bits per heavy atom. The van der Waals surface area contributed by atoms with E-state index in [0.29, 0.717) is 39.1 Å². The van der Waals surface area contributed by atoms with Gasteiger partial charge in [0, 0.05) is 107 Å². The maximum Gasteiger partial charge on any atom is 0.302 e. The molecule has 1 aliphatic carbocycles. The van der Waals surface area contributed by atoms with Crippen LogP contribution in [0.3, 0.4) is 0 Å². The Kier molecular flexibility index (Phi) is 20.7. The predicted molar refractivity (Wildman–Crippen MR) is 308 cm³/mol. The first kappa shape index (κ1) is 58.1. The summed E-state index contributed by atoms with van der Waals surface area (Å²) in [6.45, 7) is 26.1. The molecule has 2 aliphatic heterocycles. The van der Waals surface area contributed by atoms with Gasteiger partial charge in [0.25, 0.3) is 5.91 Å². The third-order valence-electron chi connectivity index (χ3n) is 15.3. The van der Waals surface area contributed by atoms with Crippen LogP contribution in [0.1, 0.15) is 116 Å². The zero-order valence-corrected chi connectivity index (χ0v) is 47.6. The highest BCUT2D eigenvalue weighted by atomic mass is 16.5. The molecule has 2 N–H and O–H groups in total. The van der Waals surface area contributed by atoms with Crippen molar-refractivity contribution in [2.45, 2.75) is 138 Å². The topological polar surface area (TPSA) is 134 Å². The van der Waals surface area contributed by atoms with E-state index in [1.807, 2.05) is 59.1 Å². The van der Waals surface area contributed by atoms with Gasteiger partial charge in [-0.15, -0.1) is 0 Å². The molecule has 4 heterocycles. The van der Waals surface area contributed by atoms with E-state index in [0.717, 1.165) is 126 Å². The first-order valence-electron chi connectivity index (χ1n) is 28.2. The van der Waals surface area contributed by atoms with Crippen LogP contribution in [0.5, 0.6) is 0 Å². The van der Waals surface area contributed by atoms with Crippen LogP contribution >= 0.6 is 0 Å². The van der Waals surface area contributed by atoms with Gasteiger partial charge in [-0.2, -0.15) is 0 Å². The standard InChI is InChI=1S/C60H82N8O6.C2H6/c1-10-67-55-21-18-46(34-51(55)53(36-60(6,7)40-74-43(5)70)58(67)52-35-50(37-62-57(52)42(4)72-9)65-26-24-64(25-27-65)49-19-20-49)47-31-44(33-54(61-8)59(71)68-23-15-14-22-63-68)30-45(32-47)38-66(48-16-12-11-13-17-48)28-29-73-56(39-69)41(2)3;1-2/h11-13,16-18,21,30-32,34-35,37,39,41-42,49,54,56,61,63H,10,14-15,19-20,22-29,33,36,38,40H2,1-9H3;1-2H3/t42?,54?,56-;/m1./s1. The Morgan fingerprint density at radius 1 is 0.934 bits per heavy atom. The minimum atomic E-state index is -0.481. The molecule has 76 heavy (non-hydrogen) atoms. The van der Waals surface area contributed by atoms with Gasteiger partial charge in [0.15, 0.2) is 0 Å². The molecule has 3 atom stereocenters. The molecule has 2 saturated heterocycles. The quantitative estimate of drug-likeness (QED) is 0.0450. The van der Waals surface area contributed by atoms with Gasteiger partial charge >= 0.3 is 5.97 Å². The molecule has 0 spiro atoms. The number of anilines is 2. The van der Waals surface area contributed by atoms with Gasteiger partial charge in [-0.25, -0.2) is 5.43 Å². The normalized spacial score (nSPS) is 16.5. The number of esters is 1.